The van der Waals surface area contributed by atoms with E-state index in [-0.39, 0.29) is 5.41 Å². The minimum Gasteiger partial charge on any atom is -0.299 e. The maximum absolute atomic E-state index is 10.2. The smallest absolute Gasteiger partial charge is 0.143 e. The third-order valence-corrected chi connectivity index (χ3v) is 2.20. The van der Waals surface area contributed by atoms with Gasteiger partial charge < -0.3 is 0 Å². The van der Waals surface area contributed by atoms with Crippen molar-refractivity contribution in [1.29, 1.82) is 0 Å². The Labute approximate surface area is 78.1 Å². The molecule has 0 radical (unpaired) electrons. The monoisotopic (exact) mass is 184 g/mol. The van der Waals surface area contributed by atoms with Gasteiger partial charge in [-0.2, -0.15) is 0 Å². The number of halogens is 1. The van der Waals surface area contributed by atoms with Crippen molar-refractivity contribution in [3.8, 4) is 0 Å². The Kier molecular flexibility index (Phi) is 2.73. The van der Waals surface area contributed by atoms with Crippen molar-refractivity contribution >= 4 is 17.9 Å². The van der Waals surface area contributed by atoms with Crippen LogP contribution in [0.15, 0.2) is 22.8 Å². The molecule has 0 amide bonds. The Morgan fingerprint density at radius 3 is 2.67 bits per heavy atom. The molecular formula is C10H13ClO. The molecular weight excluding hydrogens is 172 g/mol. The summed E-state index contributed by atoms with van der Waals surface area (Å²) in [5.74, 6) is 0. The van der Waals surface area contributed by atoms with Gasteiger partial charge in [0, 0.05) is 5.03 Å². The number of hydrogen-bond donors (Lipinski definition) is 0. The van der Waals surface area contributed by atoms with Gasteiger partial charge in [-0.05, 0) is 36.0 Å². The molecule has 0 spiro atoms. The normalized spacial score (nSPS) is 25.2. The molecule has 0 aromatic heterocycles. The molecule has 66 valence electrons. The van der Waals surface area contributed by atoms with Gasteiger partial charge in [0.2, 0.25) is 0 Å². The fourth-order valence-corrected chi connectivity index (χ4v) is 2.07. The van der Waals surface area contributed by atoms with Gasteiger partial charge >= 0.3 is 0 Å². The van der Waals surface area contributed by atoms with Crippen LogP contribution in [0.25, 0.3) is 0 Å². The quantitative estimate of drug-likeness (QED) is 0.452. The standard InChI is InChI=1S/C10H13ClO/c1-10(2)6-8(3-4-12)5-9(11)7-10/h3-5H,6-7H2,1-2H3/b8-3+. The van der Waals surface area contributed by atoms with E-state index >= 15 is 0 Å². The number of rotatable bonds is 1. The van der Waals surface area contributed by atoms with Gasteiger partial charge in [0.15, 0.2) is 0 Å². The molecule has 12 heavy (non-hydrogen) atoms. The topological polar surface area (TPSA) is 17.1 Å². The molecule has 0 saturated carbocycles. The average molecular weight is 185 g/mol. The van der Waals surface area contributed by atoms with Crippen molar-refractivity contribution in [2.75, 3.05) is 0 Å². The van der Waals surface area contributed by atoms with Crippen LogP contribution in [-0.4, -0.2) is 6.29 Å². The summed E-state index contributed by atoms with van der Waals surface area (Å²) >= 11 is 5.94. The van der Waals surface area contributed by atoms with Crippen LogP contribution < -0.4 is 0 Å². The van der Waals surface area contributed by atoms with Crippen molar-refractivity contribution < 1.29 is 4.79 Å². The zero-order valence-electron chi connectivity index (χ0n) is 7.43. The summed E-state index contributed by atoms with van der Waals surface area (Å²) < 4.78 is 0. The second-order valence-corrected chi connectivity index (χ2v) is 4.47. The Morgan fingerprint density at radius 1 is 1.50 bits per heavy atom. The fourth-order valence-electron chi connectivity index (χ4n) is 1.57. The first-order valence-electron chi connectivity index (χ1n) is 4.04. The number of hydrogen-bond acceptors (Lipinski definition) is 1. The molecule has 0 heterocycles. The molecule has 1 aliphatic rings. The van der Waals surface area contributed by atoms with E-state index in [9.17, 15) is 4.79 Å². The lowest BCUT2D eigenvalue weighted by Crippen LogP contribution is -2.15. The third kappa shape index (κ3) is 2.49. The highest BCUT2D eigenvalue weighted by atomic mass is 35.5. The molecule has 1 aliphatic carbocycles. The largest absolute Gasteiger partial charge is 0.299 e. The van der Waals surface area contributed by atoms with Crippen LogP contribution in [0, 0.1) is 5.41 Å². The van der Waals surface area contributed by atoms with Gasteiger partial charge in [-0.15, -0.1) is 0 Å². The van der Waals surface area contributed by atoms with Gasteiger partial charge in [0.25, 0.3) is 0 Å². The van der Waals surface area contributed by atoms with Gasteiger partial charge in [-0.3, -0.25) is 4.79 Å². The van der Waals surface area contributed by atoms with E-state index in [1.807, 2.05) is 6.08 Å². The number of carbonyl (C=O) groups excluding carboxylic acids is 1. The lowest BCUT2D eigenvalue weighted by Gasteiger charge is -2.28. The molecule has 0 aromatic carbocycles. The lowest BCUT2D eigenvalue weighted by atomic mass is 9.78. The summed E-state index contributed by atoms with van der Waals surface area (Å²) in [6.45, 7) is 4.31. The maximum atomic E-state index is 10.2. The zero-order chi connectivity index (χ0) is 9.19. The predicted octanol–water partition coefficient (Wildman–Crippen LogP) is 3.05. The minimum absolute atomic E-state index is 0.195. The maximum Gasteiger partial charge on any atom is 0.143 e. The van der Waals surface area contributed by atoms with Gasteiger partial charge in [-0.1, -0.05) is 25.4 Å². The predicted molar refractivity (Wildman–Crippen MR) is 51.1 cm³/mol. The van der Waals surface area contributed by atoms with Crippen LogP contribution in [0.3, 0.4) is 0 Å². The summed E-state index contributed by atoms with van der Waals surface area (Å²) in [5, 5.41) is 0.847. The Balaban J connectivity index is 2.88. The van der Waals surface area contributed by atoms with Crippen LogP contribution in [0.5, 0.6) is 0 Å². The SMILES string of the molecule is CC1(C)CC(Cl)=C/C(=C\C=O)C1. The Morgan fingerprint density at radius 2 is 2.17 bits per heavy atom. The highest BCUT2D eigenvalue weighted by Crippen LogP contribution is 2.38. The van der Waals surface area contributed by atoms with Gasteiger partial charge in [0.05, 0.1) is 0 Å². The van der Waals surface area contributed by atoms with E-state index in [4.69, 9.17) is 11.6 Å². The summed E-state index contributed by atoms with van der Waals surface area (Å²) in [4.78, 5) is 10.2. The van der Waals surface area contributed by atoms with Crippen molar-refractivity contribution in [2.45, 2.75) is 26.7 Å². The molecule has 0 bridgehead atoms. The van der Waals surface area contributed by atoms with E-state index in [0.29, 0.717) is 0 Å². The summed E-state index contributed by atoms with van der Waals surface area (Å²) in [6, 6.07) is 0. The van der Waals surface area contributed by atoms with Crippen LogP contribution in [-0.2, 0) is 4.79 Å². The average Bonchev–Trinajstić information content (AvgIpc) is 1.82. The van der Waals surface area contributed by atoms with E-state index in [0.717, 1.165) is 29.7 Å². The lowest BCUT2D eigenvalue weighted by molar-refractivity contribution is -0.104. The zero-order valence-corrected chi connectivity index (χ0v) is 8.19. The number of aldehydes is 1. The van der Waals surface area contributed by atoms with E-state index < -0.39 is 0 Å². The van der Waals surface area contributed by atoms with Crippen molar-refractivity contribution in [3.05, 3.63) is 22.8 Å². The molecule has 0 aliphatic heterocycles. The Bertz CT molecular complexity index is 249. The fraction of sp³-hybridized carbons (Fsp3) is 0.500. The molecule has 1 nitrogen and oxygen atoms in total. The molecule has 2 heteroatoms. The summed E-state index contributed by atoms with van der Waals surface area (Å²) in [6.07, 6.45) is 6.13. The molecule has 0 fully saturated rings. The second kappa shape index (κ2) is 3.44. The van der Waals surface area contributed by atoms with E-state index in [2.05, 4.69) is 13.8 Å². The number of carbonyl (C=O) groups is 1. The van der Waals surface area contributed by atoms with E-state index in [1.165, 1.54) is 0 Å². The molecule has 0 aromatic rings. The molecule has 0 atom stereocenters. The summed E-state index contributed by atoms with van der Waals surface area (Å²) in [7, 11) is 0. The molecule has 1 rings (SSSR count). The Hall–Kier alpha value is -0.560. The van der Waals surface area contributed by atoms with Crippen LogP contribution in [0.1, 0.15) is 26.7 Å². The van der Waals surface area contributed by atoms with Crippen molar-refractivity contribution in [3.63, 3.8) is 0 Å². The van der Waals surface area contributed by atoms with Gasteiger partial charge in [0.1, 0.15) is 6.29 Å². The molecule has 0 saturated heterocycles. The van der Waals surface area contributed by atoms with Gasteiger partial charge in [-0.25, -0.2) is 0 Å². The van der Waals surface area contributed by atoms with Crippen molar-refractivity contribution in [1.82, 2.24) is 0 Å². The van der Waals surface area contributed by atoms with Crippen LogP contribution >= 0.6 is 11.6 Å². The highest BCUT2D eigenvalue weighted by molar-refractivity contribution is 6.29. The molecule has 0 unspecified atom stereocenters. The second-order valence-electron chi connectivity index (χ2n) is 3.99. The minimum atomic E-state index is 0.195. The number of allylic oxidation sites excluding steroid dienone is 4. The highest BCUT2D eigenvalue weighted by Gasteiger charge is 2.24. The van der Waals surface area contributed by atoms with Crippen LogP contribution in [0.2, 0.25) is 0 Å². The van der Waals surface area contributed by atoms with Crippen molar-refractivity contribution in [2.24, 2.45) is 5.41 Å². The van der Waals surface area contributed by atoms with E-state index in [1.54, 1.807) is 6.08 Å². The first kappa shape index (κ1) is 9.53. The first-order chi connectivity index (χ1) is 5.53. The first-order valence-corrected chi connectivity index (χ1v) is 4.42. The summed E-state index contributed by atoms with van der Waals surface area (Å²) in [5.41, 5.74) is 1.23. The third-order valence-electron chi connectivity index (χ3n) is 1.95. The van der Waals surface area contributed by atoms with Crippen LogP contribution in [0.4, 0.5) is 0 Å². The molecule has 0 N–H and O–H groups in total.